The maximum atomic E-state index is 12.0. The first-order valence-corrected chi connectivity index (χ1v) is 6.05. The van der Waals surface area contributed by atoms with Crippen LogP contribution in [0.25, 0.3) is 0 Å². The SMILES string of the molecule is NCc1ccc(CNS(=O)(=O)C(F)F)cc1. The molecule has 0 heterocycles. The second-order valence-corrected chi connectivity index (χ2v) is 4.88. The Bertz CT molecular complexity index is 431. The van der Waals surface area contributed by atoms with Gasteiger partial charge in [0.25, 0.3) is 10.0 Å². The van der Waals surface area contributed by atoms with Gasteiger partial charge >= 0.3 is 5.76 Å². The van der Waals surface area contributed by atoms with Crippen LogP contribution in [0.15, 0.2) is 24.3 Å². The number of halogens is 2. The lowest BCUT2D eigenvalue weighted by Gasteiger charge is -2.06. The van der Waals surface area contributed by atoms with Gasteiger partial charge in [0.05, 0.1) is 0 Å². The number of hydrogen-bond acceptors (Lipinski definition) is 3. The zero-order valence-electron chi connectivity index (χ0n) is 8.36. The summed E-state index contributed by atoms with van der Waals surface area (Å²) >= 11 is 0. The fourth-order valence-corrected chi connectivity index (χ4v) is 1.53. The molecule has 7 heteroatoms. The van der Waals surface area contributed by atoms with Crippen LogP contribution in [0.4, 0.5) is 8.78 Å². The minimum Gasteiger partial charge on any atom is -0.326 e. The molecule has 0 saturated carbocycles. The van der Waals surface area contributed by atoms with Crippen LogP contribution in [0.1, 0.15) is 11.1 Å². The van der Waals surface area contributed by atoms with E-state index in [0.717, 1.165) is 5.56 Å². The van der Waals surface area contributed by atoms with Gasteiger partial charge in [0.15, 0.2) is 0 Å². The molecular weight excluding hydrogens is 238 g/mol. The van der Waals surface area contributed by atoms with Gasteiger partial charge in [-0.1, -0.05) is 24.3 Å². The van der Waals surface area contributed by atoms with Crippen molar-refractivity contribution in [3.8, 4) is 0 Å². The molecule has 16 heavy (non-hydrogen) atoms. The summed E-state index contributed by atoms with van der Waals surface area (Å²) in [4.78, 5) is 0. The van der Waals surface area contributed by atoms with Gasteiger partial charge in [-0.15, -0.1) is 0 Å². The predicted octanol–water partition coefficient (Wildman–Crippen LogP) is 0.787. The molecule has 0 radical (unpaired) electrons. The highest BCUT2D eigenvalue weighted by Crippen LogP contribution is 2.06. The van der Waals surface area contributed by atoms with Crippen LogP contribution >= 0.6 is 0 Å². The zero-order chi connectivity index (χ0) is 12.2. The molecule has 0 aliphatic rings. The van der Waals surface area contributed by atoms with E-state index in [-0.39, 0.29) is 6.54 Å². The molecule has 0 amide bonds. The van der Waals surface area contributed by atoms with E-state index in [1.807, 2.05) is 0 Å². The van der Waals surface area contributed by atoms with Crippen LogP contribution in [-0.4, -0.2) is 14.2 Å². The number of benzene rings is 1. The maximum absolute atomic E-state index is 12.0. The molecule has 4 nitrogen and oxygen atoms in total. The second kappa shape index (κ2) is 5.33. The topological polar surface area (TPSA) is 72.2 Å². The van der Waals surface area contributed by atoms with Crippen molar-refractivity contribution >= 4 is 10.0 Å². The number of nitrogens with one attached hydrogen (secondary N) is 1. The minimum atomic E-state index is -4.52. The van der Waals surface area contributed by atoms with Crippen LogP contribution in [0.2, 0.25) is 0 Å². The third-order valence-corrected chi connectivity index (χ3v) is 2.99. The van der Waals surface area contributed by atoms with Gasteiger partial charge in [0, 0.05) is 13.1 Å². The lowest BCUT2D eigenvalue weighted by atomic mass is 10.1. The van der Waals surface area contributed by atoms with Gasteiger partial charge in [-0.05, 0) is 11.1 Å². The van der Waals surface area contributed by atoms with E-state index in [9.17, 15) is 17.2 Å². The van der Waals surface area contributed by atoms with E-state index in [0.29, 0.717) is 12.1 Å². The number of alkyl halides is 2. The number of rotatable bonds is 5. The fourth-order valence-electron chi connectivity index (χ4n) is 1.04. The molecule has 1 aromatic rings. The highest BCUT2D eigenvalue weighted by molar-refractivity contribution is 7.89. The lowest BCUT2D eigenvalue weighted by molar-refractivity contribution is 0.232. The van der Waals surface area contributed by atoms with E-state index >= 15 is 0 Å². The standard InChI is InChI=1S/C9H12F2N2O2S/c10-9(11)16(14,15)13-6-8-3-1-7(5-12)2-4-8/h1-4,9,13H,5-6,12H2. The number of sulfonamides is 1. The summed E-state index contributed by atoms with van der Waals surface area (Å²) in [5, 5.41) is 0. The third-order valence-electron chi connectivity index (χ3n) is 1.97. The first kappa shape index (κ1) is 13.0. The molecule has 0 saturated heterocycles. The van der Waals surface area contributed by atoms with Gasteiger partial charge in [-0.2, -0.15) is 8.78 Å². The van der Waals surface area contributed by atoms with Crippen LogP contribution in [0.5, 0.6) is 0 Å². The molecular formula is C9H12F2N2O2S. The van der Waals surface area contributed by atoms with Gasteiger partial charge in [-0.3, -0.25) is 0 Å². The monoisotopic (exact) mass is 250 g/mol. The molecule has 0 bridgehead atoms. The lowest BCUT2D eigenvalue weighted by Crippen LogP contribution is -2.28. The molecule has 0 aliphatic carbocycles. The van der Waals surface area contributed by atoms with Gasteiger partial charge in [0.1, 0.15) is 0 Å². The van der Waals surface area contributed by atoms with E-state index in [4.69, 9.17) is 5.73 Å². The summed E-state index contributed by atoms with van der Waals surface area (Å²) in [7, 11) is -4.52. The van der Waals surface area contributed by atoms with Crippen molar-refractivity contribution < 1.29 is 17.2 Å². The van der Waals surface area contributed by atoms with Crippen molar-refractivity contribution in [1.29, 1.82) is 0 Å². The number of nitrogens with two attached hydrogens (primary N) is 1. The largest absolute Gasteiger partial charge is 0.350 e. The van der Waals surface area contributed by atoms with Crippen molar-refractivity contribution in [3.05, 3.63) is 35.4 Å². The fraction of sp³-hybridized carbons (Fsp3) is 0.333. The Kier molecular flexibility index (Phi) is 4.34. The molecule has 3 N–H and O–H groups in total. The Hall–Kier alpha value is -1.05. The normalized spacial score (nSPS) is 12.0. The third kappa shape index (κ3) is 3.51. The summed E-state index contributed by atoms with van der Waals surface area (Å²) in [6.45, 7) is 0.223. The van der Waals surface area contributed by atoms with Crippen molar-refractivity contribution in [1.82, 2.24) is 4.72 Å². The average Bonchev–Trinajstić information content (AvgIpc) is 2.27. The summed E-state index contributed by atoms with van der Waals surface area (Å²) in [6, 6.07) is 6.70. The highest BCUT2D eigenvalue weighted by atomic mass is 32.2. The average molecular weight is 250 g/mol. The molecule has 0 unspecified atom stereocenters. The van der Waals surface area contributed by atoms with Crippen molar-refractivity contribution in [2.24, 2.45) is 5.73 Å². The Morgan fingerprint density at radius 2 is 1.69 bits per heavy atom. The summed E-state index contributed by atoms with van der Waals surface area (Å²) < 4.78 is 47.2. The first-order valence-electron chi connectivity index (χ1n) is 4.50. The minimum absolute atomic E-state index is 0.155. The van der Waals surface area contributed by atoms with Crippen LogP contribution in [0, 0.1) is 0 Å². The van der Waals surface area contributed by atoms with Crippen LogP contribution in [0.3, 0.4) is 0 Å². The quantitative estimate of drug-likeness (QED) is 0.811. The van der Waals surface area contributed by atoms with Gasteiger partial charge in [0.2, 0.25) is 0 Å². The summed E-state index contributed by atoms with van der Waals surface area (Å²) in [6.07, 6.45) is 0. The molecule has 0 aromatic heterocycles. The van der Waals surface area contributed by atoms with Crippen molar-refractivity contribution in [2.45, 2.75) is 18.8 Å². The Morgan fingerprint density at radius 3 is 2.12 bits per heavy atom. The molecule has 0 fully saturated rings. The first-order chi connectivity index (χ1) is 7.45. The number of hydrogen-bond donors (Lipinski definition) is 2. The Labute approximate surface area is 92.5 Å². The van der Waals surface area contributed by atoms with Gasteiger partial charge < -0.3 is 5.73 Å². The van der Waals surface area contributed by atoms with E-state index in [2.05, 4.69) is 0 Å². The molecule has 0 aliphatic heterocycles. The zero-order valence-corrected chi connectivity index (χ0v) is 9.18. The predicted molar refractivity (Wildman–Crippen MR) is 56.1 cm³/mol. The second-order valence-electron chi connectivity index (χ2n) is 3.15. The van der Waals surface area contributed by atoms with E-state index in [1.165, 1.54) is 0 Å². The molecule has 1 rings (SSSR count). The molecule has 1 aromatic carbocycles. The van der Waals surface area contributed by atoms with Crippen LogP contribution in [-0.2, 0) is 23.1 Å². The summed E-state index contributed by atoms with van der Waals surface area (Å²) in [5.74, 6) is -3.41. The highest BCUT2D eigenvalue weighted by Gasteiger charge is 2.22. The smallest absolute Gasteiger partial charge is 0.326 e. The summed E-state index contributed by atoms with van der Waals surface area (Å²) in [5.41, 5.74) is 6.86. The molecule has 0 atom stereocenters. The Balaban J connectivity index is 2.62. The van der Waals surface area contributed by atoms with Crippen LogP contribution < -0.4 is 10.5 Å². The molecule has 90 valence electrons. The van der Waals surface area contributed by atoms with Crippen molar-refractivity contribution in [3.63, 3.8) is 0 Å². The van der Waals surface area contributed by atoms with E-state index in [1.54, 1.807) is 29.0 Å². The maximum Gasteiger partial charge on any atom is 0.350 e. The Morgan fingerprint density at radius 1 is 1.19 bits per heavy atom. The van der Waals surface area contributed by atoms with E-state index < -0.39 is 15.8 Å². The molecule has 0 spiro atoms. The van der Waals surface area contributed by atoms with Crippen molar-refractivity contribution in [2.75, 3.05) is 0 Å². The van der Waals surface area contributed by atoms with Gasteiger partial charge in [-0.25, -0.2) is 13.1 Å².